The highest BCUT2D eigenvalue weighted by Crippen LogP contribution is 2.43. The number of benzene rings is 2. The maximum Gasteiger partial charge on any atom is 0.125 e. The minimum atomic E-state index is -0.0412. The first kappa shape index (κ1) is 20.0. The topological polar surface area (TPSA) is 43.0 Å². The maximum atomic E-state index is 5.75. The molecule has 1 N–H and O–H groups in total. The fourth-order valence-corrected chi connectivity index (χ4v) is 4.72. The van der Waals surface area contributed by atoms with Crippen LogP contribution in [-0.2, 0) is 16.8 Å². The second-order valence-electron chi connectivity index (χ2n) is 7.94. The van der Waals surface area contributed by atoms with E-state index in [0.717, 1.165) is 57.2 Å². The number of nitrogens with zero attached hydrogens (tertiary/aromatic N) is 1. The molecule has 2 fully saturated rings. The molecule has 4 rings (SSSR count). The molecule has 2 aromatic carbocycles. The summed E-state index contributed by atoms with van der Waals surface area (Å²) < 4.78 is 16.9. The largest absolute Gasteiger partial charge is 0.496 e. The van der Waals surface area contributed by atoms with Crippen LogP contribution in [0.25, 0.3) is 0 Å². The normalized spacial score (nSPS) is 18.6. The van der Waals surface area contributed by atoms with Crippen LogP contribution in [0.2, 0.25) is 0 Å². The minimum absolute atomic E-state index is 0.0412. The molecule has 1 heterocycles. The van der Waals surface area contributed by atoms with Crippen LogP contribution in [0, 0.1) is 0 Å². The molecule has 0 amide bonds. The third-order valence-electron chi connectivity index (χ3n) is 6.34. The fraction of sp³-hybridized carbons (Fsp3) is 0.500. The Morgan fingerprint density at radius 2 is 1.69 bits per heavy atom. The van der Waals surface area contributed by atoms with Crippen molar-refractivity contribution < 1.29 is 14.2 Å². The van der Waals surface area contributed by atoms with Gasteiger partial charge in [0, 0.05) is 48.1 Å². The second-order valence-corrected chi connectivity index (χ2v) is 7.94. The number of anilines is 1. The van der Waals surface area contributed by atoms with E-state index in [0.29, 0.717) is 0 Å². The number of rotatable bonds is 7. The van der Waals surface area contributed by atoms with Crippen molar-refractivity contribution in [3.8, 4) is 11.5 Å². The minimum Gasteiger partial charge on any atom is -0.496 e. The van der Waals surface area contributed by atoms with E-state index >= 15 is 0 Å². The Bertz CT molecular complexity index is 812. The van der Waals surface area contributed by atoms with Gasteiger partial charge in [0.1, 0.15) is 11.5 Å². The first-order chi connectivity index (χ1) is 14.3. The van der Waals surface area contributed by atoms with E-state index in [1.165, 1.54) is 29.7 Å². The average molecular weight is 397 g/mol. The van der Waals surface area contributed by atoms with Gasteiger partial charge in [0.2, 0.25) is 0 Å². The molecule has 2 aliphatic rings. The van der Waals surface area contributed by atoms with Crippen LogP contribution in [-0.4, -0.2) is 40.5 Å². The quantitative estimate of drug-likeness (QED) is 0.763. The van der Waals surface area contributed by atoms with Crippen LogP contribution in [0.3, 0.4) is 0 Å². The maximum absolute atomic E-state index is 5.75. The van der Waals surface area contributed by atoms with E-state index in [2.05, 4.69) is 46.6 Å². The summed E-state index contributed by atoms with van der Waals surface area (Å²) in [7, 11) is 3.52. The molecule has 1 saturated heterocycles. The third-order valence-corrected chi connectivity index (χ3v) is 6.34. The Labute approximate surface area is 174 Å². The number of hydrogen-bond acceptors (Lipinski definition) is 5. The van der Waals surface area contributed by atoms with E-state index in [-0.39, 0.29) is 5.54 Å². The number of methoxy groups -OCH3 is 2. The van der Waals surface area contributed by atoms with E-state index in [9.17, 15) is 0 Å². The molecule has 5 nitrogen and oxygen atoms in total. The lowest BCUT2D eigenvalue weighted by Gasteiger charge is -2.33. The van der Waals surface area contributed by atoms with E-state index in [4.69, 9.17) is 14.2 Å². The van der Waals surface area contributed by atoms with Gasteiger partial charge in [0.15, 0.2) is 0 Å². The smallest absolute Gasteiger partial charge is 0.125 e. The van der Waals surface area contributed by atoms with Crippen LogP contribution >= 0.6 is 0 Å². The van der Waals surface area contributed by atoms with Crippen LogP contribution in [0.4, 0.5) is 5.69 Å². The molecule has 1 aliphatic heterocycles. The second kappa shape index (κ2) is 9.06. The zero-order valence-corrected chi connectivity index (χ0v) is 17.6. The molecule has 0 atom stereocenters. The SMILES string of the molecule is COc1cc(N2CCOCC2)ccc1CNC1(c2ccccc2OC)CCCC1. The number of morpholine rings is 1. The molecular weight excluding hydrogens is 364 g/mol. The van der Waals surface area contributed by atoms with Crippen molar-refractivity contribution in [2.75, 3.05) is 45.4 Å². The summed E-state index contributed by atoms with van der Waals surface area (Å²) in [5, 5.41) is 3.88. The molecule has 0 aromatic heterocycles. The first-order valence-corrected chi connectivity index (χ1v) is 10.6. The summed E-state index contributed by atoms with van der Waals surface area (Å²) in [6, 6.07) is 15.0. The summed E-state index contributed by atoms with van der Waals surface area (Å²) in [5.41, 5.74) is 3.62. The van der Waals surface area contributed by atoms with Gasteiger partial charge in [-0.15, -0.1) is 0 Å². The lowest BCUT2D eigenvalue weighted by molar-refractivity contribution is 0.122. The molecule has 0 spiro atoms. The molecule has 0 radical (unpaired) electrons. The fourth-order valence-electron chi connectivity index (χ4n) is 4.72. The van der Waals surface area contributed by atoms with Gasteiger partial charge in [0.25, 0.3) is 0 Å². The Morgan fingerprint density at radius 1 is 0.966 bits per heavy atom. The standard InChI is InChI=1S/C24H32N2O3/c1-27-22-8-4-3-7-21(22)24(11-5-6-12-24)25-18-19-9-10-20(17-23(19)28-2)26-13-15-29-16-14-26/h3-4,7-10,17,25H,5-6,11-16,18H2,1-2H3. The van der Waals surface area contributed by atoms with Gasteiger partial charge in [-0.2, -0.15) is 0 Å². The van der Waals surface area contributed by atoms with E-state index in [1.807, 2.05) is 6.07 Å². The zero-order valence-electron chi connectivity index (χ0n) is 17.6. The van der Waals surface area contributed by atoms with Gasteiger partial charge in [0.05, 0.1) is 27.4 Å². The summed E-state index contributed by atoms with van der Waals surface area (Å²) in [6.45, 7) is 4.19. The van der Waals surface area contributed by atoms with Crippen molar-refractivity contribution in [1.82, 2.24) is 5.32 Å². The highest BCUT2D eigenvalue weighted by molar-refractivity contribution is 5.54. The van der Waals surface area contributed by atoms with Crippen molar-refractivity contribution >= 4 is 5.69 Å². The first-order valence-electron chi connectivity index (χ1n) is 10.6. The third kappa shape index (κ3) is 4.21. The highest BCUT2D eigenvalue weighted by Gasteiger charge is 2.37. The van der Waals surface area contributed by atoms with Crippen LogP contribution in [0.15, 0.2) is 42.5 Å². The Hall–Kier alpha value is -2.24. The molecule has 0 bridgehead atoms. The molecule has 1 saturated carbocycles. The Morgan fingerprint density at radius 3 is 2.41 bits per heavy atom. The molecule has 156 valence electrons. The van der Waals surface area contributed by atoms with Crippen LogP contribution in [0.5, 0.6) is 11.5 Å². The average Bonchev–Trinajstić information content (AvgIpc) is 3.28. The highest BCUT2D eigenvalue weighted by atomic mass is 16.5. The summed E-state index contributed by atoms with van der Waals surface area (Å²) in [6.07, 6.45) is 4.72. The van der Waals surface area contributed by atoms with Crippen LogP contribution < -0.4 is 19.7 Å². The van der Waals surface area contributed by atoms with Crippen molar-refractivity contribution in [2.24, 2.45) is 0 Å². The van der Waals surface area contributed by atoms with Gasteiger partial charge in [-0.25, -0.2) is 0 Å². The van der Waals surface area contributed by atoms with Gasteiger partial charge < -0.3 is 24.4 Å². The molecular formula is C24H32N2O3. The van der Waals surface area contributed by atoms with Gasteiger partial charge in [-0.05, 0) is 25.0 Å². The summed E-state index contributed by atoms with van der Waals surface area (Å²) in [4.78, 5) is 2.36. The Balaban J connectivity index is 1.55. The lowest BCUT2D eigenvalue weighted by Crippen LogP contribution is -2.39. The summed E-state index contributed by atoms with van der Waals surface area (Å²) >= 11 is 0. The Kier molecular flexibility index (Phi) is 6.26. The molecule has 1 aliphatic carbocycles. The van der Waals surface area contributed by atoms with Crippen molar-refractivity contribution in [1.29, 1.82) is 0 Å². The predicted octanol–water partition coefficient (Wildman–Crippen LogP) is 4.10. The van der Waals surface area contributed by atoms with Gasteiger partial charge in [-0.3, -0.25) is 0 Å². The molecule has 29 heavy (non-hydrogen) atoms. The van der Waals surface area contributed by atoms with Crippen LogP contribution in [0.1, 0.15) is 36.8 Å². The number of hydrogen-bond donors (Lipinski definition) is 1. The van der Waals surface area contributed by atoms with Crippen molar-refractivity contribution in [3.63, 3.8) is 0 Å². The number of nitrogens with one attached hydrogen (secondary N) is 1. The predicted molar refractivity (Wildman–Crippen MR) is 116 cm³/mol. The molecule has 2 aromatic rings. The number of para-hydroxylation sites is 1. The number of ether oxygens (including phenoxy) is 3. The van der Waals surface area contributed by atoms with Crippen molar-refractivity contribution in [3.05, 3.63) is 53.6 Å². The van der Waals surface area contributed by atoms with E-state index in [1.54, 1.807) is 14.2 Å². The van der Waals surface area contributed by atoms with Crippen molar-refractivity contribution in [2.45, 2.75) is 37.8 Å². The van der Waals surface area contributed by atoms with Gasteiger partial charge >= 0.3 is 0 Å². The monoisotopic (exact) mass is 396 g/mol. The zero-order chi connectivity index (χ0) is 20.1. The molecule has 5 heteroatoms. The molecule has 0 unspecified atom stereocenters. The van der Waals surface area contributed by atoms with E-state index < -0.39 is 0 Å². The van der Waals surface area contributed by atoms with Gasteiger partial charge in [-0.1, -0.05) is 37.1 Å². The lowest BCUT2D eigenvalue weighted by atomic mass is 9.87. The summed E-state index contributed by atoms with van der Waals surface area (Å²) in [5.74, 6) is 1.91.